The number of amides is 2. The van der Waals surface area contributed by atoms with Crippen LogP contribution in [0.3, 0.4) is 0 Å². The summed E-state index contributed by atoms with van der Waals surface area (Å²) in [4.78, 5) is 16.9. The molecule has 2 aliphatic rings. The number of hydrogen-bond donors (Lipinski definition) is 2. The molecule has 0 aliphatic carbocycles. The zero-order valence-electron chi connectivity index (χ0n) is 17.5. The van der Waals surface area contributed by atoms with Crippen LogP contribution in [-0.4, -0.2) is 55.7 Å². The molecule has 2 atom stereocenters. The summed E-state index contributed by atoms with van der Waals surface area (Å²) in [5.41, 5.74) is 1.69. The van der Waals surface area contributed by atoms with E-state index in [1.54, 1.807) is 6.07 Å². The van der Waals surface area contributed by atoms with Gasteiger partial charge in [-0.25, -0.2) is 9.18 Å². The van der Waals surface area contributed by atoms with Crippen LogP contribution in [-0.2, 0) is 0 Å². The lowest BCUT2D eigenvalue weighted by Gasteiger charge is -2.36. The predicted octanol–water partition coefficient (Wildman–Crippen LogP) is 3.52. The van der Waals surface area contributed by atoms with E-state index < -0.39 is 0 Å². The Labute approximate surface area is 168 Å². The molecule has 0 radical (unpaired) electrons. The van der Waals surface area contributed by atoms with Crippen molar-refractivity contribution in [1.29, 1.82) is 0 Å². The second-order valence-electron chi connectivity index (χ2n) is 8.69. The van der Waals surface area contributed by atoms with E-state index in [0.29, 0.717) is 24.2 Å². The predicted molar refractivity (Wildman–Crippen MR) is 112 cm³/mol. The van der Waals surface area contributed by atoms with Crippen molar-refractivity contribution >= 4 is 11.7 Å². The summed E-state index contributed by atoms with van der Waals surface area (Å²) in [6.45, 7) is 10.9. The van der Waals surface area contributed by atoms with Gasteiger partial charge in [-0.05, 0) is 76.6 Å². The van der Waals surface area contributed by atoms with Gasteiger partial charge >= 0.3 is 6.03 Å². The van der Waals surface area contributed by atoms with Gasteiger partial charge in [0.25, 0.3) is 0 Å². The van der Waals surface area contributed by atoms with E-state index in [-0.39, 0.29) is 17.9 Å². The Morgan fingerprint density at radius 3 is 2.79 bits per heavy atom. The standard InChI is InChI=1S/C22H35FN4O/c1-16(2)26-10-4-6-18(14-26)13-24-22(28)25-19-7-5-11-27(15-19)21-12-17(3)8-9-20(21)23/h8-9,12,16,18-19H,4-7,10-11,13-15H2,1-3H3,(H2,24,25,28). The maximum Gasteiger partial charge on any atom is 0.315 e. The highest BCUT2D eigenvalue weighted by atomic mass is 19.1. The number of carbonyl (C=O) groups excluding carboxylic acids is 1. The quantitative estimate of drug-likeness (QED) is 0.809. The van der Waals surface area contributed by atoms with E-state index in [9.17, 15) is 9.18 Å². The zero-order chi connectivity index (χ0) is 20.1. The largest absolute Gasteiger partial charge is 0.367 e. The molecule has 2 fully saturated rings. The SMILES string of the molecule is Cc1ccc(F)c(N2CCCC(NC(=O)NCC3CCCN(C(C)C)C3)C2)c1. The summed E-state index contributed by atoms with van der Waals surface area (Å²) in [5, 5.41) is 6.16. The lowest BCUT2D eigenvalue weighted by Crippen LogP contribution is -2.52. The van der Waals surface area contributed by atoms with Gasteiger partial charge in [-0.3, -0.25) is 0 Å². The highest BCUT2D eigenvalue weighted by Gasteiger charge is 2.25. The summed E-state index contributed by atoms with van der Waals surface area (Å²) >= 11 is 0. The zero-order valence-corrected chi connectivity index (χ0v) is 17.5. The smallest absolute Gasteiger partial charge is 0.315 e. The molecule has 2 heterocycles. The summed E-state index contributed by atoms with van der Waals surface area (Å²) in [5.74, 6) is 0.328. The molecule has 0 saturated carbocycles. The Balaban J connectivity index is 1.47. The fourth-order valence-corrected chi connectivity index (χ4v) is 4.39. The lowest BCUT2D eigenvalue weighted by atomic mass is 9.97. The molecule has 3 rings (SSSR count). The second kappa shape index (κ2) is 9.59. The number of urea groups is 1. The minimum atomic E-state index is -0.192. The normalized spacial score (nSPS) is 23.7. The Bertz CT molecular complexity index is 666. The van der Waals surface area contributed by atoms with Crippen molar-refractivity contribution < 1.29 is 9.18 Å². The molecule has 0 bridgehead atoms. The number of likely N-dealkylation sites (tertiary alicyclic amines) is 1. The van der Waals surface area contributed by atoms with Crippen LogP contribution in [0, 0.1) is 18.7 Å². The molecule has 5 nitrogen and oxygen atoms in total. The van der Waals surface area contributed by atoms with Crippen LogP contribution in [0.2, 0.25) is 0 Å². The van der Waals surface area contributed by atoms with Crippen LogP contribution >= 0.6 is 0 Å². The van der Waals surface area contributed by atoms with Gasteiger partial charge < -0.3 is 20.4 Å². The molecule has 2 saturated heterocycles. The van der Waals surface area contributed by atoms with Crippen LogP contribution in [0.1, 0.15) is 45.1 Å². The van der Waals surface area contributed by atoms with Crippen molar-refractivity contribution in [2.24, 2.45) is 5.92 Å². The Hall–Kier alpha value is -1.82. The van der Waals surface area contributed by atoms with Crippen LogP contribution in [0.4, 0.5) is 14.9 Å². The van der Waals surface area contributed by atoms with Crippen molar-refractivity contribution in [3.8, 4) is 0 Å². The molecular formula is C22H35FN4O. The van der Waals surface area contributed by atoms with Gasteiger partial charge in [-0.1, -0.05) is 6.07 Å². The molecule has 1 aromatic carbocycles. The minimum Gasteiger partial charge on any atom is -0.367 e. The molecule has 28 heavy (non-hydrogen) atoms. The first-order valence-electron chi connectivity index (χ1n) is 10.7. The number of benzene rings is 1. The number of rotatable bonds is 5. The van der Waals surface area contributed by atoms with E-state index >= 15 is 0 Å². The van der Waals surface area contributed by atoms with Gasteiger partial charge in [-0.15, -0.1) is 0 Å². The summed E-state index contributed by atoms with van der Waals surface area (Å²) in [6, 6.07) is 5.72. The molecule has 0 spiro atoms. The van der Waals surface area contributed by atoms with Crippen LogP contribution in [0.15, 0.2) is 18.2 Å². The van der Waals surface area contributed by atoms with E-state index in [0.717, 1.165) is 44.6 Å². The third-order valence-electron chi connectivity index (χ3n) is 6.03. The lowest BCUT2D eigenvalue weighted by molar-refractivity contribution is 0.139. The number of carbonyl (C=O) groups is 1. The fourth-order valence-electron chi connectivity index (χ4n) is 4.39. The first-order valence-corrected chi connectivity index (χ1v) is 10.7. The maximum atomic E-state index is 14.2. The number of halogens is 1. The maximum absolute atomic E-state index is 14.2. The summed E-state index contributed by atoms with van der Waals surface area (Å²) in [7, 11) is 0. The first-order chi connectivity index (χ1) is 13.4. The highest BCUT2D eigenvalue weighted by molar-refractivity contribution is 5.74. The van der Waals surface area contributed by atoms with Crippen molar-refractivity contribution in [2.45, 2.75) is 58.5 Å². The van der Waals surface area contributed by atoms with Crippen LogP contribution in [0.25, 0.3) is 0 Å². The number of aryl methyl sites for hydroxylation is 1. The number of piperidine rings is 2. The number of nitrogens with zero attached hydrogens (tertiary/aromatic N) is 2. The van der Waals surface area contributed by atoms with E-state index in [1.165, 1.54) is 18.9 Å². The average Bonchev–Trinajstić information content (AvgIpc) is 2.68. The average molecular weight is 391 g/mol. The van der Waals surface area contributed by atoms with E-state index in [1.807, 2.05) is 13.0 Å². The number of nitrogens with one attached hydrogen (secondary N) is 2. The highest BCUT2D eigenvalue weighted by Crippen LogP contribution is 2.24. The Morgan fingerprint density at radius 1 is 1.21 bits per heavy atom. The number of anilines is 1. The van der Waals surface area contributed by atoms with Gasteiger partial charge in [0, 0.05) is 38.3 Å². The third-order valence-corrected chi connectivity index (χ3v) is 6.03. The second-order valence-corrected chi connectivity index (χ2v) is 8.69. The fraction of sp³-hybridized carbons (Fsp3) is 0.682. The molecule has 2 amide bonds. The molecule has 6 heteroatoms. The molecule has 156 valence electrons. The van der Waals surface area contributed by atoms with Crippen molar-refractivity contribution in [3.63, 3.8) is 0 Å². The third kappa shape index (κ3) is 5.60. The first kappa shape index (κ1) is 20.9. The van der Waals surface area contributed by atoms with Gasteiger partial charge in [0.1, 0.15) is 5.82 Å². The van der Waals surface area contributed by atoms with E-state index in [4.69, 9.17) is 0 Å². The van der Waals surface area contributed by atoms with Crippen LogP contribution in [0.5, 0.6) is 0 Å². The molecule has 1 aromatic rings. The molecular weight excluding hydrogens is 355 g/mol. The van der Waals surface area contributed by atoms with Gasteiger partial charge in [-0.2, -0.15) is 0 Å². The molecule has 0 aromatic heterocycles. The summed E-state index contributed by atoms with van der Waals surface area (Å²) in [6.07, 6.45) is 4.26. The van der Waals surface area contributed by atoms with Crippen LogP contribution < -0.4 is 15.5 Å². The van der Waals surface area contributed by atoms with Crippen molar-refractivity contribution in [3.05, 3.63) is 29.6 Å². The molecule has 2 aliphatic heterocycles. The van der Waals surface area contributed by atoms with Crippen molar-refractivity contribution in [1.82, 2.24) is 15.5 Å². The molecule has 2 N–H and O–H groups in total. The Kier molecular flexibility index (Phi) is 7.16. The monoisotopic (exact) mass is 390 g/mol. The van der Waals surface area contributed by atoms with Gasteiger partial charge in [0.05, 0.1) is 5.69 Å². The Morgan fingerprint density at radius 2 is 2.00 bits per heavy atom. The van der Waals surface area contributed by atoms with Gasteiger partial charge in [0.15, 0.2) is 0 Å². The summed E-state index contributed by atoms with van der Waals surface area (Å²) < 4.78 is 14.2. The topological polar surface area (TPSA) is 47.6 Å². The van der Waals surface area contributed by atoms with Gasteiger partial charge in [0.2, 0.25) is 0 Å². The van der Waals surface area contributed by atoms with E-state index in [2.05, 4.69) is 34.3 Å². The minimum absolute atomic E-state index is 0.0483. The van der Waals surface area contributed by atoms with Crippen molar-refractivity contribution in [2.75, 3.05) is 37.6 Å². The number of hydrogen-bond acceptors (Lipinski definition) is 3. The molecule has 2 unspecified atom stereocenters.